The summed E-state index contributed by atoms with van der Waals surface area (Å²) in [5.74, 6) is 0.640. The fourth-order valence-corrected chi connectivity index (χ4v) is 5.42. The summed E-state index contributed by atoms with van der Waals surface area (Å²) < 4.78 is 31.7. The Kier molecular flexibility index (Phi) is 5.97. The number of rotatable bonds is 6. The molecule has 1 saturated heterocycles. The molecule has 2 aromatic carbocycles. The molecule has 1 unspecified atom stereocenters. The maximum absolute atomic E-state index is 13.1. The molecule has 158 valence electrons. The Morgan fingerprint density at radius 3 is 2.37 bits per heavy atom. The highest BCUT2D eigenvalue weighted by Crippen LogP contribution is 2.35. The number of methoxy groups -OCH3 is 1. The van der Waals surface area contributed by atoms with Crippen molar-refractivity contribution in [1.29, 1.82) is 0 Å². The van der Waals surface area contributed by atoms with Crippen LogP contribution in [0.5, 0.6) is 5.75 Å². The summed E-state index contributed by atoms with van der Waals surface area (Å²) in [7, 11) is -2.00. The molecule has 0 bridgehead atoms. The zero-order chi connectivity index (χ0) is 21.1. The van der Waals surface area contributed by atoms with Crippen LogP contribution in [0, 0.1) is 0 Å². The van der Waals surface area contributed by atoms with E-state index in [0.29, 0.717) is 11.8 Å². The zero-order valence-corrected chi connectivity index (χ0v) is 18.3. The topological polar surface area (TPSA) is 62.4 Å². The van der Waals surface area contributed by atoms with Crippen LogP contribution in [-0.4, -0.2) is 38.5 Å². The van der Waals surface area contributed by atoms with Crippen LogP contribution in [0.1, 0.15) is 37.9 Å². The maximum atomic E-state index is 13.1. The summed E-state index contributed by atoms with van der Waals surface area (Å²) in [6, 6.07) is 17.9. The lowest BCUT2D eigenvalue weighted by Gasteiger charge is -2.31. The minimum Gasteiger partial charge on any atom is -0.496 e. The van der Waals surface area contributed by atoms with Crippen LogP contribution in [0.3, 0.4) is 0 Å². The lowest BCUT2D eigenvalue weighted by Crippen LogP contribution is -2.32. The second-order valence-electron chi connectivity index (χ2n) is 7.78. The molecule has 30 heavy (non-hydrogen) atoms. The number of hydrogen-bond donors (Lipinski definition) is 1. The average molecular weight is 425 g/mol. The van der Waals surface area contributed by atoms with Crippen molar-refractivity contribution in [3.05, 3.63) is 66.4 Å². The minimum absolute atomic E-state index is 0.254. The first-order valence-corrected chi connectivity index (χ1v) is 11.9. The Morgan fingerprint density at radius 2 is 1.67 bits per heavy atom. The summed E-state index contributed by atoms with van der Waals surface area (Å²) in [5, 5.41) is 0. The number of piperidine rings is 1. The van der Waals surface area contributed by atoms with Crippen LogP contribution in [-0.2, 0) is 9.84 Å². The van der Waals surface area contributed by atoms with Crippen LogP contribution in [0.4, 0.5) is 0 Å². The van der Waals surface area contributed by atoms with E-state index in [-0.39, 0.29) is 9.79 Å². The predicted molar refractivity (Wildman–Crippen MR) is 119 cm³/mol. The Balaban J connectivity index is 1.69. The Morgan fingerprint density at radius 1 is 0.933 bits per heavy atom. The second kappa shape index (κ2) is 8.66. The first-order chi connectivity index (χ1) is 14.5. The van der Waals surface area contributed by atoms with Gasteiger partial charge >= 0.3 is 0 Å². The highest BCUT2D eigenvalue weighted by Gasteiger charge is 2.22. The molecule has 1 aliphatic rings. The monoisotopic (exact) mass is 424 g/mol. The summed E-state index contributed by atoms with van der Waals surface area (Å²) in [5.41, 5.74) is 2.73. The van der Waals surface area contributed by atoms with E-state index in [4.69, 9.17) is 4.74 Å². The molecule has 4 rings (SSSR count). The quantitative estimate of drug-likeness (QED) is 0.600. The van der Waals surface area contributed by atoms with E-state index in [1.54, 1.807) is 49.6 Å². The molecule has 0 amide bonds. The molecule has 1 atom stereocenters. The van der Waals surface area contributed by atoms with Gasteiger partial charge in [-0.1, -0.05) is 24.6 Å². The molecule has 3 aromatic rings. The molecule has 1 aliphatic heterocycles. The molecule has 5 nitrogen and oxygen atoms in total. The van der Waals surface area contributed by atoms with Crippen molar-refractivity contribution in [2.45, 2.75) is 42.0 Å². The number of nitrogens with zero attached hydrogens (tertiary/aromatic N) is 1. The number of ether oxygens (including phenoxy) is 1. The number of nitrogens with one attached hydrogen (secondary N) is 1. The third-order valence-electron chi connectivity index (χ3n) is 5.92. The smallest absolute Gasteiger partial charge is 0.206 e. The summed E-state index contributed by atoms with van der Waals surface area (Å²) in [6.45, 7) is 4.45. The van der Waals surface area contributed by atoms with Crippen molar-refractivity contribution in [1.82, 2.24) is 9.88 Å². The molecule has 2 heterocycles. The second-order valence-corrected chi connectivity index (χ2v) is 9.73. The van der Waals surface area contributed by atoms with E-state index < -0.39 is 9.84 Å². The molecule has 0 radical (unpaired) electrons. The fraction of sp³-hybridized carbons (Fsp3) is 0.333. The van der Waals surface area contributed by atoms with Gasteiger partial charge in [-0.2, -0.15) is 0 Å². The predicted octanol–water partition coefficient (Wildman–Crippen LogP) is 5.07. The molecule has 1 N–H and O–H groups in total. The largest absolute Gasteiger partial charge is 0.496 e. The number of aromatic amines is 1. The number of likely N-dealkylation sites (tertiary alicyclic amines) is 1. The van der Waals surface area contributed by atoms with Crippen LogP contribution in [0.15, 0.2) is 70.5 Å². The fourth-order valence-electron chi connectivity index (χ4n) is 4.12. The van der Waals surface area contributed by atoms with Gasteiger partial charge in [0, 0.05) is 23.0 Å². The van der Waals surface area contributed by atoms with E-state index in [1.807, 2.05) is 12.1 Å². The van der Waals surface area contributed by atoms with Crippen LogP contribution in [0.2, 0.25) is 0 Å². The molecule has 1 fully saturated rings. The van der Waals surface area contributed by atoms with Gasteiger partial charge in [0.25, 0.3) is 0 Å². The number of sulfone groups is 1. The van der Waals surface area contributed by atoms with E-state index >= 15 is 0 Å². The van der Waals surface area contributed by atoms with Crippen molar-refractivity contribution in [2.75, 3.05) is 20.2 Å². The van der Waals surface area contributed by atoms with Crippen molar-refractivity contribution < 1.29 is 13.2 Å². The normalized spacial score (nSPS) is 16.3. The van der Waals surface area contributed by atoms with E-state index in [1.165, 1.54) is 19.3 Å². The van der Waals surface area contributed by atoms with Gasteiger partial charge in [-0.05, 0) is 75.3 Å². The van der Waals surface area contributed by atoms with Crippen LogP contribution < -0.4 is 4.74 Å². The van der Waals surface area contributed by atoms with Crippen molar-refractivity contribution in [3.8, 4) is 17.0 Å². The highest BCUT2D eigenvalue weighted by molar-refractivity contribution is 7.91. The van der Waals surface area contributed by atoms with Gasteiger partial charge in [0.1, 0.15) is 5.75 Å². The number of aromatic nitrogens is 1. The summed E-state index contributed by atoms with van der Waals surface area (Å²) in [6.07, 6.45) is 3.79. The lowest BCUT2D eigenvalue weighted by atomic mass is 10.1. The van der Waals surface area contributed by atoms with Gasteiger partial charge in [-0.25, -0.2) is 8.42 Å². The number of H-pyrrole nitrogens is 1. The Bertz CT molecular complexity index is 1100. The first kappa shape index (κ1) is 20.7. The highest BCUT2D eigenvalue weighted by atomic mass is 32.2. The van der Waals surface area contributed by atoms with Gasteiger partial charge in [-0.3, -0.25) is 4.90 Å². The molecule has 6 heteroatoms. The van der Waals surface area contributed by atoms with Gasteiger partial charge in [0.2, 0.25) is 9.84 Å². The maximum Gasteiger partial charge on any atom is 0.206 e. The SMILES string of the molecule is COc1ccc(S(=O)(=O)c2ccccc2)cc1-c1ccc(C(C)N2CCCCC2)[nH]1. The Hall–Kier alpha value is -2.57. The van der Waals surface area contributed by atoms with E-state index in [2.05, 4.69) is 22.9 Å². The van der Waals surface area contributed by atoms with Crippen LogP contribution in [0.25, 0.3) is 11.3 Å². The van der Waals surface area contributed by atoms with Crippen LogP contribution >= 0.6 is 0 Å². The van der Waals surface area contributed by atoms with E-state index in [0.717, 1.165) is 30.0 Å². The molecule has 0 saturated carbocycles. The van der Waals surface area contributed by atoms with Gasteiger partial charge in [0.05, 0.1) is 16.9 Å². The zero-order valence-electron chi connectivity index (χ0n) is 17.5. The summed E-state index contributed by atoms with van der Waals surface area (Å²) in [4.78, 5) is 6.53. The van der Waals surface area contributed by atoms with E-state index in [9.17, 15) is 8.42 Å². The van der Waals surface area contributed by atoms with Crippen molar-refractivity contribution in [3.63, 3.8) is 0 Å². The minimum atomic E-state index is -3.60. The molecule has 1 aromatic heterocycles. The van der Waals surface area contributed by atoms with Gasteiger partial charge < -0.3 is 9.72 Å². The number of hydrogen-bond acceptors (Lipinski definition) is 4. The molecular formula is C24H28N2O3S. The third-order valence-corrected chi connectivity index (χ3v) is 7.69. The Labute approximate surface area is 178 Å². The summed E-state index contributed by atoms with van der Waals surface area (Å²) >= 11 is 0. The standard InChI is InChI=1S/C24H28N2O3S/c1-18(26-15-7-4-8-16-26)22-12-13-23(25-22)21-17-20(11-14-24(21)29-2)30(27,28)19-9-5-3-6-10-19/h3,5-6,9-14,17-18,25H,4,7-8,15-16H2,1-2H3. The first-order valence-electron chi connectivity index (χ1n) is 10.4. The van der Waals surface area contributed by atoms with Gasteiger partial charge in [0.15, 0.2) is 0 Å². The molecular weight excluding hydrogens is 396 g/mol. The third kappa shape index (κ3) is 4.02. The molecule has 0 aliphatic carbocycles. The number of benzene rings is 2. The van der Waals surface area contributed by atoms with Crippen molar-refractivity contribution >= 4 is 9.84 Å². The lowest BCUT2D eigenvalue weighted by molar-refractivity contribution is 0.172. The van der Waals surface area contributed by atoms with Gasteiger partial charge in [-0.15, -0.1) is 0 Å². The average Bonchev–Trinajstić information content (AvgIpc) is 3.29. The molecule has 0 spiro atoms. The van der Waals surface area contributed by atoms with Crippen molar-refractivity contribution in [2.24, 2.45) is 0 Å².